The first-order valence-corrected chi connectivity index (χ1v) is 20.7. The molecule has 2 heterocycles. The van der Waals surface area contributed by atoms with Crippen molar-refractivity contribution in [2.75, 3.05) is 0 Å². The minimum atomic E-state index is -7.22. The zero-order chi connectivity index (χ0) is 51.3. The van der Waals surface area contributed by atoms with E-state index in [4.69, 9.17) is 18.3 Å². The van der Waals surface area contributed by atoms with Crippen molar-refractivity contribution >= 4 is 28.0 Å². The molecule has 0 fully saturated rings. The van der Waals surface area contributed by atoms with Crippen molar-refractivity contribution in [3.63, 3.8) is 0 Å². The van der Waals surface area contributed by atoms with Crippen molar-refractivity contribution in [2.24, 2.45) is 0 Å². The molecule has 0 N–H and O–H groups in total. The molecule has 0 saturated heterocycles. The molecule has 26 heteroatoms. The fourth-order valence-electron chi connectivity index (χ4n) is 6.98. The molecule has 6 aromatic carbocycles. The summed E-state index contributed by atoms with van der Waals surface area (Å²) < 4.78 is 319. The van der Waals surface area contributed by atoms with Crippen LogP contribution in [0.15, 0.2) is 93.8 Å². The van der Waals surface area contributed by atoms with Gasteiger partial charge in [0.15, 0.2) is 69.8 Å². The molecule has 8 rings (SSSR count). The molecule has 0 aliphatic carbocycles. The van der Waals surface area contributed by atoms with Gasteiger partial charge in [0.05, 0.1) is 0 Å². The Morgan fingerprint density at radius 2 is 0.486 bits per heavy atom. The Kier molecular flexibility index (Phi) is 14.3. The zero-order valence-electron chi connectivity index (χ0n) is 33.2. The Morgan fingerprint density at radius 1 is 0.271 bits per heavy atom. The van der Waals surface area contributed by atoms with Gasteiger partial charge in [0.1, 0.15) is 64.2 Å². The summed E-state index contributed by atoms with van der Waals surface area (Å²) in [6.45, 7) is 0. The summed E-state index contributed by atoms with van der Waals surface area (Å²) in [6, 6.07) is 26.6. The van der Waals surface area contributed by atoms with Gasteiger partial charge in [-0.2, -0.15) is 0 Å². The number of halogens is 21. The lowest BCUT2D eigenvalue weighted by Gasteiger charge is -2.44. The van der Waals surface area contributed by atoms with Crippen LogP contribution in [-0.4, -0.2) is 6.15 Å². The highest BCUT2D eigenvalue weighted by atomic mass is 127. The molecule has 0 aliphatic heterocycles. The maximum absolute atomic E-state index is 15.4. The first-order chi connectivity index (χ1) is 33.1. The summed E-state index contributed by atoms with van der Waals surface area (Å²) in [5.41, 5.74) is -14.3. The average Bonchev–Trinajstić information content (AvgIpc) is 4.00. The molecule has 8 aromatic rings. The summed E-state index contributed by atoms with van der Waals surface area (Å²) in [6.07, 6.45) is -7.22. The largest absolute Gasteiger partial charge is 0.443 e. The molecule has 0 aliphatic rings. The normalized spacial score (nSPS) is 11.5. The topological polar surface area (TPSA) is 44.7 Å². The Labute approximate surface area is 386 Å². The predicted molar refractivity (Wildman–Crippen MR) is 197 cm³/mol. The van der Waals surface area contributed by atoms with Crippen molar-refractivity contribution in [2.45, 2.75) is 0 Å². The summed E-state index contributed by atoms with van der Waals surface area (Å²) in [4.78, 5) is 0. The Morgan fingerprint density at radius 3 is 0.714 bits per heavy atom. The zero-order valence-corrected chi connectivity index (χ0v) is 35.4. The summed E-state index contributed by atoms with van der Waals surface area (Å²) in [7, 11) is 0. The van der Waals surface area contributed by atoms with E-state index in [1.165, 1.54) is 0 Å². The number of benzene rings is 6. The number of rotatable bonds is 10. The molecule has 0 amide bonds. The summed E-state index contributed by atoms with van der Waals surface area (Å²) >= 11 is -0.575. The molecular weight excluding hydrogens is 1110 g/mol. The average molecular weight is 1120 g/mol. The van der Waals surface area contributed by atoms with Crippen LogP contribution in [0.5, 0.6) is 23.4 Å². The molecule has 0 atom stereocenters. The van der Waals surface area contributed by atoms with E-state index < -0.39 is 166 Å². The van der Waals surface area contributed by atoms with Crippen LogP contribution in [0.1, 0.15) is 0 Å². The van der Waals surface area contributed by atoms with Crippen LogP contribution in [0.2, 0.25) is 0 Å². The maximum Gasteiger partial charge on any atom is 0.443 e. The van der Waals surface area contributed by atoms with Crippen LogP contribution < -0.4 is 52.5 Å². The summed E-state index contributed by atoms with van der Waals surface area (Å²) in [5, 5.41) is 0. The van der Waals surface area contributed by atoms with Crippen LogP contribution in [0.3, 0.4) is 0 Å². The van der Waals surface area contributed by atoms with E-state index in [1.807, 2.05) is 84.9 Å². The van der Waals surface area contributed by atoms with Gasteiger partial charge in [0.25, 0.3) is 11.9 Å². The van der Waals surface area contributed by atoms with Gasteiger partial charge in [0.2, 0.25) is 0 Å². The lowest BCUT2D eigenvalue weighted by atomic mass is 9.12. The highest BCUT2D eigenvalue weighted by Gasteiger charge is 2.52. The van der Waals surface area contributed by atoms with E-state index in [9.17, 15) is 52.7 Å². The molecule has 0 spiro atoms. The quantitative estimate of drug-likeness (QED) is 0.0454. The fraction of sp³-hybridized carbons (Fsp3) is 0. The Bertz CT molecular complexity index is 2860. The van der Waals surface area contributed by atoms with Gasteiger partial charge in [-0.05, 0) is 24.3 Å². The monoisotopic (exact) mass is 1120 g/mol. The standard InChI is InChI=1S/C24BF20.C20H14IO4/c26-5-1(6(27)14(35)21(42)13(5)34)25(2-7(28)15(36)22(43)16(37)8(2)29,3-9(30)17(38)23(44)18(39)10(3)31)4-11(32)19(40)24(45)20(41)12(4)33;1-3-7-15(8-4-1)22-19-13-11-17(24-19)21-18-12-14-20(25-18)23-16-9-5-2-6-10-16/h;1-14H/q-1;+1. The Balaban J connectivity index is 0.000000242. The molecule has 0 radical (unpaired) electrons. The molecular formula is C44H14BF20IO4. The van der Waals surface area contributed by atoms with Crippen LogP contribution in [0, 0.1) is 124 Å². The van der Waals surface area contributed by atoms with E-state index in [1.54, 1.807) is 0 Å². The van der Waals surface area contributed by atoms with Crippen LogP contribution in [-0.2, 0) is 0 Å². The number of ether oxygens (including phenoxy) is 2. The van der Waals surface area contributed by atoms with E-state index in [2.05, 4.69) is 0 Å². The van der Waals surface area contributed by atoms with Crippen molar-refractivity contribution in [1.29, 1.82) is 0 Å². The summed E-state index contributed by atoms with van der Waals surface area (Å²) in [5.74, 6) is -68.9. The van der Waals surface area contributed by atoms with E-state index in [0.717, 1.165) is 19.0 Å². The smallest absolute Gasteiger partial charge is 0.426 e. The lowest BCUT2D eigenvalue weighted by molar-refractivity contribution is -0.636. The van der Waals surface area contributed by atoms with Crippen molar-refractivity contribution in [3.05, 3.63) is 209 Å². The second-order valence-corrected chi connectivity index (χ2v) is 16.5. The highest BCUT2D eigenvalue weighted by molar-refractivity contribution is 7.20. The second kappa shape index (κ2) is 19.7. The number of para-hydroxylation sites is 2. The van der Waals surface area contributed by atoms with E-state index in [-0.39, 0.29) is 0 Å². The van der Waals surface area contributed by atoms with E-state index in [0.29, 0.717) is 11.9 Å². The minimum Gasteiger partial charge on any atom is -0.426 e. The maximum atomic E-state index is 15.4. The van der Waals surface area contributed by atoms with Gasteiger partial charge in [-0.1, -0.05) is 36.4 Å². The second-order valence-electron chi connectivity index (χ2n) is 13.8. The van der Waals surface area contributed by atoms with E-state index >= 15 is 35.1 Å². The molecule has 4 nitrogen and oxygen atoms in total. The fourth-order valence-corrected chi connectivity index (χ4v) is 8.88. The van der Waals surface area contributed by atoms with Crippen molar-refractivity contribution in [1.82, 2.24) is 0 Å². The number of furan rings is 2. The van der Waals surface area contributed by atoms with Gasteiger partial charge < -0.3 is 18.3 Å². The molecule has 0 unspecified atom stereocenters. The minimum absolute atomic E-state index is 0.480. The molecule has 0 bridgehead atoms. The third kappa shape index (κ3) is 8.65. The third-order valence-corrected chi connectivity index (χ3v) is 12.1. The SMILES string of the molecule is Fc1c(F)c(F)c([B-](c2c(F)c(F)c(F)c(F)c2F)(c2c(F)c(F)c(F)c(F)c2F)c2c(F)c(F)c(F)c(F)c2F)c(F)c1F.c1ccc(Oc2ccc([I+]c3ccc(Oc4ccccc4)o3)o2)cc1. The number of hydrogen-bond donors (Lipinski definition) is 0. The highest BCUT2D eigenvalue weighted by Crippen LogP contribution is 2.31. The van der Waals surface area contributed by atoms with Gasteiger partial charge in [-0.3, -0.25) is 0 Å². The molecule has 364 valence electrons. The van der Waals surface area contributed by atoms with Gasteiger partial charge in [-0.25, -0.2) is 87.8 Å². The van der Waals surface area contributed by atoms with Gasteiger partial charge >= 0.3 is 28.7 Å². The van der Waals surface area contributed by atoms with Gasteiger partial charge in [-0.15, -0.1) is 21.9 Å². The molecule has 2 aromatic heterocycles. The Hall–Kier alpha value is -7.13. The third-order valence-electron chi connectivity index (χ3n) is 9.91. The molecule has 70 heavy (non-hydrogen) atoms. The van der Waals surface area contributed by atoms with Crippen LogP contribution >= 0.6 is 0 Å². The first kappa shape index (κ1) is 50.7. The van der Waals surface area contributed by atoms with Crippen LogP contribution in [0.4, 0.5) is 87.8 Å². The predicted octanol–water partition coefficient (Wildman–Crippen LogP) is 8.43. The first-order valence-electron chi connectivity index (χ1n) is 18.6. The van der Waals surface area contributed by atoms with Crippen LogP contribution in [0.25, 0.3) is 0 Å². The molecule has 0 saturated carbocycles. The van der Waals surface area contributed by atoms with Crippen molar-refractivity contribution in [3.8, 4) is 23.4 Å². The van der Waals surface area contributed by atoms with Gasteiger partial charge in [0, 0.05) is 24.3 Å². The van der Waals surface area contributed by atoms with Crippen molar-refractivity contribution < 1.29 is 127 Å². The number of hydrogen-bond acceptors (Lipinski definition) is 4. The lowest BCUT2D eigenvalue weighted by Crippen LogP contribution is -3.61.